The zero-order chi connectivity index (χ0) is 20.2. The third-order valence-corrected chi connectivity index (χ3v) is 4.29. The molecule has 0 spiro atoms. The summed E-state index contributed by atoms with van der Waals surface area (Å²) >= 11 is 0. The summed E-state index contributed by atoms with van der Waals surface area (Å²) in [4.78, 5) is 16.4. The van der Waals surface area contributed by atoms with Crippen molar-refractivity contribution in [3.63, 3.8) is 0 Å². The lowest BCUT2D eigenvalue weighted by Crippen LogP contribution is -2.05. The van der Waals surface area contributed by atoms with Gasteiger partial charge in [-0.05, 0) is 35.4 Å². The van der Waals surface area contributed by atoms with E-state index in [1.165, 1.54) is 12.1 Å². The third kappa shape index (κ3) is 4.21. The summed E-state index contributed by atoms with van der Waals surface area (Å²) in [5.41, 5.74) is 3.05. The number of carbonyl (C=O) groups is 1. The van der Waals surface area contributed by atoms with E-state index in [-0.39, 0.29) is 17.3 Å². The average Bonchev–Trinajstić information content (AvgIpc) is 3.10. The summed E-state index contributed by atoms with van der Waals surface area (Å²) in [6, 6.07) is 23.5. The smallest absolute Gasteiger partial charge is 0.387 e. The largest absolute Gasteiger partial charge is 0.434 e. The first-order valence-corrected chi connectivity index (χ1v) is 8.82. The minimum atomic E-state index is -2.97. The van der Waals surface area contributed by atoms with Crippen molar-refractivity contribution in [3.05, 3.63) is 95.7 Å². The number of para-hydroxylation sites is 1. The molecule has 0 fully saturated rings. The molecule has 4 rings (SSSR count). The Bertz CT molecular complexity index is 1090. The maximum atomic E-state index is 12.6. The Hall–Kier alpha value is -3.80. The van der Waals surface area contributed by atoms with Crippen molar-refractivity contribution in [2.24, 2.45) is 4.99 Å². The van der Waals surface area contributed by atoms with Gasteiger partial charge >= 0.3 is 12.6 Å². The molecule has 0 aromatic heterocycles. The first-order valence-electron chi connectivity index (χ1n) is 8.82. The fourth-order valence-electron chi connectivity index (χ4n) is 2.92. The van der Waals surface area contributed by atoms with Gasteiger partial charge in [-0.25, -0.2) is 9.79 Å². The van der Waals surface area contributed by atoms with Crippen LogP contribution in [-0.2, 0) is 9.53 Å². The van der Waals surface area contributed by atoms with E-state index >= 15 is 0 Å². The normalized spacial score (nSPS) is 14.8. The van der Waals surface area contributed by atoms with Gasteiger partial charge in [0.15, 0.2) is 5.70 Å². The van der Waals surface area contributed by atoms with Crippen molar-refractivity contribution in [2.75, 3.05) is 0 Å². The van der Waals surface area contributed by atoms with Gasteiger partial charge in [-0.3, -0.25) is 0 Å². The fraction of sp³-hybridized carbons (Fsp3) is 0.0435. The summed E-state index contributed by atoms with van der Waals surface area (Å²) in [6.45, 7) is -2.97. The second-order valence-electron chi connectivity index (χ2n) is 6.20. The number of halogens is 2. The molecule has 3 aromatic carbocycles. The summed E-state index contributed by atoms with van der Waals surface area (Å²) in [5.74, 6) is -0.536. The van der Waals surface area contributed by atoms with Crippen LogP contribution in [-0.4, -0.2) is 18.5 Å². The van der Waals surface area contributed by atoms with Crippen LogP contribution < -0.4 is 4.74 Å². The SMILES string of the molecule is O=C1OC(c2ccc(-c3ccccc3)cc2)=NC1=Cc1ccccc1OC(F)F. The minimum absolute atomic E-state index is 0.0115. The van der Waals surface area contributed by atoms with Crippen LogP contribution in [0.2, 0.25) is 0 Å². The maximum Gasteiger partial charge on any atom is 0.387 e. The van der Waals surface area contributed by atoms with Gasteiger partial charge < -0.3 is 9.47 Å². The lowest BCUT2D eigenvalue weighted by Gasteiger charge is -2.07. The highest BCUT2D eigenvalue weighted by molar-refractivity contribution is 6.13. The average molecular weight is 391 g/mol. The second kappa shape index (κ2) is 8.06. The molecule has 0 saturated heterocycles. The van der Waals surface area contributed by atoms with Crippen LogP contribution in [0.15, 0.2) is 89.6 Å². The maximum absolute atomic E-state index is 12.6. The van der Waals surface area contributed by atoms with Crippen molar-refractivity contribution in [1.82, 2.24) is 0 Å². The summed E-state index contributed by atoms with van der Waals surface area (Å²) in [5, 5.41) is 0. The van der Waals surface area contributed by atoms with Crippen molar-refractivity contribution in [2.45, 2.75) is 6.61 Å². The molecule has 1 heterocycles. The molecule has 1 aliphatic heterocycles. The Morgan fingerprint density at radius 1 is 0.828 bits per heavy atom. The minimum Gasteiger partial charge on any atom is -0.434 e. The number of ether oxygens (including phenoxy) is 2. The van der Waals surface area contributed by atoms with Crippen LogP contribution in [0.4, 0.5) is 8.78 Å². The van der Waals surface area contributed by atoms with Gasteiger partial charge in [-0.1, -0.05) is 60.7 Å². The first-order chi connectivity index (χ1) is 14.1. The number of hydrogen-bond donors (Lipinski definition) is 0. The van der Waals surface area contributed by atoms with E-state index in [9.17, 15) is 13.6 Å². The highest BCUT2D eigenvalue weighted by Gasteiger charge is 2.24. The standard InChI is InChI=1S/C23H15F2NO3/c24-23(25)28-20-9-5-4-8-18(20)14-19-22(27)29-21(26-19)17-12-10-16(11-13-17)15-6-2-1-3-7-15/h1-14,23H. The van der Waals surface area contributed by atoms with Gasteiger partial charge in [0.2, 0.25) is 5.90 Å². The molecule has 0 atom stereocenters. The Kier molecular flexibility index (Phi) is 5.16. The van der Waals surface area contributed by atoms with E-state index in [0.29, 0.717) is 11.1 Å². The predicted molar refractivity (Wildman–Crippen MR) is 106 cm³/mol. The number of aliphatic imine (C=N–C) groups is 1. The van der Waals surface area contributed by atoms with E-state index in [2.05, 4.69) is 9.73 Å². The summed E-state index contributed by atoms with van der Waals surface area (Å²) < 4.78 is 34.9. The summed E-state index contributed by atoms with van der Waals surface area (Å²) in [7, 11) is 0. The first kappa shape index (κ1) is 18.6. The Morgan fingerprint density at radius 3 is 2.17 bits per heavy atom. The molecule has 0 unspecified atom stereocenters. The number of carbonyl (C=O) groups excluding carboxylic acids is 1. The van der Waals surface area contributed by atoms with E-state index < -0.39 is 12.6 Å². The van der Waals surface area contributed by atoms with E-state index in [1.54, 1.807) is 18.2 Å². The van der Waals surface area contributed by atoms with Crippen LogP contribution in [0.5, 0.6) is 5.75 Å². The van der Waals surface area contributed by atoms with Crippen LogP contribution in [0.1, 0.15) is 11.1 Å². The monoisotopic (exact) mass is 391 g/mol. The van der Waals surface area contributed by atoms with Gasteiger partial charge in [0.1, 0.15) is 5.75 Å². The predicted octanol–water partition coefficient (Wildman–Crippen LogP) is 5.30. The summed E-state index contributed by atoms with van der Waals surface area (Å²) in [6.07, 6.45) is 1.37. The topological polar surface area (TPSA) is 47.9 Å². The van der Waals surface area contributed by atoms with Crippen LogP contribution >= 0.6 is 0 Å². The fourth-order valence-corrected chi connectivity index (χ4v) is 2.92. The number of rotatable bonds is 5. The molecule has 0 bridgehead atoms. The zero-order valence-electron chi connectivity index (χ0n) is 15.1. The molecule has 0 radical (unpaired) electrons. The molecular formula is C23H15F2NO3. The van der Waals surface area contributed by atoms with Crippen molar-refractivity contribution < 1.29 is 23.0 Å². The number of hydrogen-bond acceptors (Lipinski definition) is 4. The molecular weight excluding hydrogens is 376 g/mol. The molecule has 0 aliphatic carbocycles. The van der Waals surface area contributed by atoms with Crippen LogP contribution in [0.3, 0.4) is 0 Å². The van der Waals surface area contributed by atoms with Crippen LogP contribution in [0.25, 0.3) is 17.2 Å². The Balaban J connectivity index is 1.61. The molecule has 0 N–H and O–H groups in total. The molecule has 3 aromatic rings. The highest BCUT2D eigenvalue weighted by Crippen LogP contribution is 2.26. The van der Waals surface area contributed by atoms with Crippen molar-refractivity contribution >= 4 is 17.9 Å². The number of nitrogens with zero attached hydrogens (tertiary/aromatic N) is 1. The van der Waals surface area contributed by atoms with Gasteiger partial charge in [-0.15, -0.1) is 0 Å². The number of esters is 1. The van der Waals surface area contributed by atoms with Gasteiger partial charge in [0.05, 0.1) is 0 Å². The quantitative estimate of drug-likeness (QED) is 0.438. The molecule has 4 nitrogen and oxygen atoms in total. The van der Waals surface area contributed by atoms with E-state index in [1.807, 2.05) is 54.6 Å². The van der Waals surface area contributed by atoms with Gasteiger partial charge in [0, 0.05) is 11.1 Å². The zero-order valence-corrected chi connectivity index (χ0v) is 15.1. The van der Waals surface area contributed by atoms with Gasteiger partial charge in [0.25, 0.3) is 0 Å². The third-order valence-electron chi connectivity index (χ3n) is 4.29. The van der Waals surface area contributed by atoms with Crippen molar-refractivity contribution in [3.8, 4) is 16.9 Å². The molecule has 29 heavy (non-hydrogen) atoms. The molecule has 144 valence electrons. The lowest BCUT2D eigenvalue weighted by atomic mass is 10.0. The molecule has 6 heteroatoms. The molecule has 1 aliphatic rings. The second-order valence-corrected chi connectivity index (χ2v) is 6.20. The Labute approximate surface area is 165 Å². The van der Waals surface area contributed by atoms with E-state index in [4.69, 9.17) is 4.74 Å². The van der Waals surface area contributed by atoms with Crippen molar-refractivity contribution in [1.29, 1.82) is 0 Å². The highest BCUT2D eigenvalue weighted by atomic mass is 19.3. The van der Waals surface area contributed by atoms with Crippen LogP contribution in [0, 0.1) is 0 Å². The molecule has 0 saturated carbocycles. The molecule has 0 amide bonds. The number of alkyl halides is 2. The number of cyclic esters (lactones) is 1. The Morgan fingerprint density at radius 2 is 1.45 bits per heavy atom. The van der Waals surface area contributed by atoms with Gasteiger partial charge in [-0.2, -0.15) is 8.78 Å². The number of benzene rings is 3. The lowest BCUT2D eigenvalue weighted by molar-refractivity contribution is -0.129. The van der Waals surface area contributed by atoms with E-state index in [0.717, 1.165) is 11.1 Å².